The first-order valence-electron chi connectivity index (χ1n) is 4.99. The van der Waals surface area contributed by atoms with Gasteiger partial charge >= 0.3 is 0 Å². The monoisotopic (exact) mass is 206 g/mol. The Morgan fingerprint density at radius 3 is 0.714 bits per heavy atom. The zero-order valence-electron chi connectivity index (χ0n) is 9.72. The lowest BCUT2D eigenvalue weighted by Crippen LogP contribution is -2.15. The van der Waals surface area contributed by atoms with Crippen molar-refractivity contribution in [1.29, 1.82) is 0 Å². The van der Waals surface area contributed by atoms with E-state index in [2.05, 4.69) is 51.6 Å². The molecule has 0 spiro atoms. The minimum Gasteiger partial charge on any atom is -0.307 e. The van der Waals surface area contributed by atoms with Crippen molar-refractivity contribution < 1.29 is 0 Å². The smallest absolute Gasteiger partial charge is 0.00504 e. The van der Waals surface area contributed by atoms with Gasteiger partial charge in [-0.3, -0.25) is 0 Å². The van der Waals surface area contributed by atoms with Crippen molar-refractivity contribution in [3.05, 3.63) is 0 Å². The molecule has 0 rings (SSSR count). The molecule has 0 aromatic heterocycles. The molecule has 0 bridgehead atoms. The molecule has 92 valence electrons. The average molecular weight is 206 g/mol. The molecule has 0 radical (unpaired) electrons. The SMILES string of the molecule is C.C.CCN(C)CC.CCN(C)CC. The third kappa shape index (κ3) is 22.7. The molecule has 0 saturated heterocycles. The Morgan fingerprint density at radius 2 is 0.714 bits per heavy atom. The van der Waals surface area contributed by atoms with Crippen LogP contribution < -0.4 is 0 Å². The molecule has 0 aromatic carbocycles. The molecular weight excluding hydrogens is 172 g/mol. The maximum atomic E-state index is 2.25. The summed E-state index contributed by atoms with van der Waals surface area (Å²) in [5, 5.41) is 0. The van der Waals surface area contributed by atoms with Crippen molar-refractivity contribution in [2.45, 2.75) is 42.5 Å². The van der Waals surface area contributed by atoms with Crippen molar-refractivity contribution in [2.75, 3.05) is 40.3 Å². The summed E-state index contributed by atoms with van der Waals surface area (Å²) in [6.45, 7) is 13.3. The first-order chi connectivity index (χ1) is 5.62. The molecular formula is C12H34N2. The van der Waals surface area contributed by atoms with Crippen molar-refractivity contribution in [3.63, 3.8) is 0 Å². The van der Waals surface area contributed by atoms with Gasteiger partial charge in [0.1, 0.15) is 0 Å². The van der Waals surface area contributed by atoms with Crippen molar-refractivity contribution in [1.82, 2.24) is 9.80 Å². The van der Waals surface area contributed by atoms with Crippen LogP contribution in [0.1, 0.15) is 42.5 Å². The lowest BCUT2D eigenvalue weighted by molar-refractivity contribution is 0.373. The average Bonchev–Trinajstić information content (AvgIpc) is 2.16. The van der Waals surface area contributed by atoms with Crippen LogP contribution in [0.3, 0.4) is 0 Å². The second-order valence-corrected chi connectivity index (χ2v) is 2.98. The first kappa shape index (κ1) is 23.6. The highest BCUT2D eigenvalue weighted by molar-refractivity contribution is 4.36. The van der Waals surface area contributed by atoms with Crippen molar-refractivity contribution in [3.8, 4) is 0 Å². The molecule has 2 heteroatoms. The minimum atomic E-state index is 0. The number of nitrogens with zero attached hydrogens (tertiary/aromatic N) is 2. The van der Waals surface area contributed by atoms with Gasteiger partial charge in [-0.05, 0) is 40.3 Å². The molecule has 0 heterocycles. The second-order valence-electron chi connectivity index (χ2n) is 2.98. The van der Waals surface area contributed by atoms with Crippen LogP contribution in [0.5, 0.6) is 0 Å². The quantitative estimate of drug-likeness (QED) is 0.697. The molecule has 0 saturated carbocycles. The molecule has 0 amide bonds. The van der Waals surface area contributed by atoms with Crippen LogP contribution in [-0.2, 0) is 0 Å². The molecule has 0 aliphatic rings. The van der Waals surface area contributed by atoms with Crippen LogP contribution in [0.25, 0.3) is 0 Å². The second kappa shape index (κ2) is 18.7. The van der Waals surface area contributed by atoms with Gasteiger partial charge in [-0.15, -0.1) is 0 Å². The van der Waals surface area contributed by atoms with Gasteiger partial charge < -0.3 is 9.80 Å². The minimum absolute atomic E-state index is 0. The molecule has 0 aliphatic heterocycles. The molecule has 2 nitrogen and oxygen atoms in total. The fraction of sp³-hybridized carbons (Fsp3) is 1.00. The summed E-state index contributed by atoms with van der Waals surface area (Å²) < 4.78 is 0. The molecule has 0 unspecified atom stereocenters. The highest BCUT2D eigenvalue weighted by atomic mass is 15.1. The molecule has 0 N–H and O–H groups in total. The Balaban J connectivity index is -0.0000000625. The molecule has 14 heavy (non-hydrogen) atoms. The normalized spacial score (nSPS) is 8.57. The van der Waals surface area contributed by atoms with E-state index in [-0.39, 0.29) is 14.9 Å². The fourth-order valence-electron chi connectivity index (χ4n) is 0.447. The van der Waals surface area contributed by atoms with E-state index in [0.29, 0.717) is 0 Å². The van der Waals surface area contributed by atoms with Crippen LogP contribution in [-0.4, -0.2) is 50.1 Å². The maximum absolute atomic E-state index is 2.25. The summed E-state index contributed by atoms with van der Waals surface area (Å²) in [6, 6.07) is 0. The third-order valence-electron chi connectivity index (χ3n) is 2.16. The Labute approximate surface area is 93.3 Å². The van der Waals surface area contributed by atoms with Crippen LogP contribution in [0.4, 0.5) is 0 Å². The Hall–Kier alpha value is -0.0800. The Bertz CT molecular complexity index is 56.7. The summed E-state index contributed by atoms with van der Waals surface area (Å²) in [5.41, 5.74) is 0. The summed E-state index contributed by atoms with van der Waals surface area (Å²) in [7, 11) is 4.22. The van der Waals surface area contributed by atoms with Crippen LogP contribution in [0.15, 0.2) is 0 Å². The number of hydrogen-bond donors (Lipinski definition) is 0. The Kier molecular flexibility index (Phi) is 31.5. The zero-order chi connectivity index (χ0) is 9.98. The molecule has 0 fully saturated rings. The van der Waals surface area contributed by atoms with Crippen LogP contribution >= 0.6 is 0 Å². The predicted molar refractivity (Wildman–Crippen MR) is 71.2 cm³/mol. The van der Waals surface area contributed by atoms with E-state index in [1.807, 2.05) is 0 Å². The maximum Gasteiger partial charge on any atom is -0.00504 e. The van der Waals surface area contributed by atoms with Gasteiger partial charge in [0.2, 0.25) is 0 Å². The predicted octanol–water partition coefficient (Wildman–Crippen LogP) is 3.19. The highest BCUT2D eigenvalue weighted by Gasteiger charge is 1.82. The summed E-state index contributed by atoms with van der Waals surface area (Å²) in [4.78, 5) is 4.50. The number of rotatable bonds is 4. The van der Waals surface area contributed by atoms with Gasteiger partial charge in [0.15, 0.2) is 0 Å². The van der Waals surface area contributed by atoms with Crippen LogP contribution in [0, 0.1) is 0 Å². The summed E-state index contributed by atoms with van der Waals surface area (Å²) >= 11 is 0. The first-order valence-corrected chi connectivity index (χ1v) is 4.99. The van der Waals surface area contributed by atoms with E-state index in [0.717, 1.165) is 26.2 Å². The van der Waals surface area contributed by atoms with E-state index >= 15 is 0 Å². The van der Waals surface area contributed by atoms with Crippen molar-refractivity contribution >= 4 is 0 Å². The topological polar surface area (TPSA) is 6.48 Å². The lowest BCUT2D eigenvalue weighted by atomic mass is 10.6. The zero-order valence-corrected chi connectivity index (χ0v) is 9.72. The Morgan fingerprint density at radius 1 is 0.571 bits per heavy atom. The number of hydrogen-bond acceptors (Lipinski definition) is 2. The van der Waals surface area contributed by atoms with Gasteiger partial charge in [0, 0.05) is 0 Å². The van der Waals surface area contributed by atoms with E-state index in [1.165, 1.54) is 0 Å². The van der Waals surface area contributed by atoms with E-state index in [9.17, 15) is 0 Å². The molecule has 0 atom stereocenters. The van der Waals surface area contributed by atoms with Gasteiger partial charge in [0.05, 0.1) is 0 Å². The van der Waals surface area contributed by atoms with Gasteiger partial charge in [0.25, 0.3) is 0 Å². The van der Waals surface area contributed by atoms with Gasteiger partial charge in [-0.2, -0.15) is 0 Å². The molecule has 0 aromatic rings. The van der Waals surface area contributed by atoms with E-state index < -0.39 is 0 Å². The highest BCUT2D eigenvalue weighted by Crippen LogP contribution is 1.74. The largest absolute Gasteiger partial charge is 0.307 e. The van der Waals surface area contributed by atoms with Crippen LogP contribution in [0.2, 0.25) is 0 Å². The van der Waals surface area contributed by atoms with E-state index in [4.69, 9.17) is 0 Å². The summed E-state index contributed by atoms with van der Waals surface area (Å²) in [5.74, 6) is 0. The van der Waals surface area contributed by atoms with E-state index in [1.54, 1.807) is 0 Å². The van der Waals surface area contributed by atoms with Gasteiger partial charge in [-0.25, -0.2) is 0 Å². The van der Waals surface area contributed by atoms with Crippen molar-refractivity contribution in [2.24, 2.45) is 0 Å². The van der Waals surface area contributed by atoms with Gasteiger partial charge in [-0.1, -0.05) is 42.5 Å². The standard InChI is InChI=1S/2C5H13N.2CH4/c2*1-4-6(3)5-2;;/h2*4-5H2,1-3H3;2*1H4. The fourth-order valence-corrected chi connectivity index (χ4v) is 0.447. The molecule has 0 aliphatic carbocycles. The lowest BCUT2D eigenvalue weighted by Gasteiger charge is -2.07. The summed E-state index contributed by atoms with van der Waals surface area (Å²) in [6.07, 6.45) is 0. The third-order valence-corrected chi connectivity index (χ3v) is 2.16.